The molecule has 0 bridgehead atoms. The minimum absolute atomic E-state index is 0.164. The molecule has 0 saturated carbocycles. The van der Waals surface area contributed by atoms with Crippen LogP contribution in [0.5, 0.6) is 0 Å². The Labute approximate surface area is 176 Å². The van der Waals surface area contributed by atoms with Gasteiger partial charge in [-0.25, -0.2) is 9.55 Å². The molecule has 1 aliphatic heterocycles. The molecule has 6 nitrogen and oxygen atoms in total. The first-order valence-electron chi connectivity index (χ1n) is 8.55. The van der Waals surface area contributed by atoms with E-state index in [0.717, 1.165) is 26.7 Å². The maximum atomic E-state index is 13.4. The number of fused-ring (bicyclic) bond motifs is 1. The molecule has 5 rings (SSSR count). The van der Waals surface area contributed by atoms with E-state index in [1.807, 2.05) is 42.5 Å². The fourth-order valence-corrected chi connectivity index (χ4v) is 5.02. The lowest BCUT2D eigenvalue weighted by Crippen LogP contribution is -2.22. The van der Waals surface area contributed by atoms with Crippen molar-refractivity contribution >= 4 is 49.9 Å². The topological polar surface area (TPSA) is 73.2 Å². The van der Waals surface area contributed by atoms with Crippen molar-refractivity contribution in [1.29, 1.82) is 0 Å². The third kappa shape index (κ3) is 3.50. The molecule has 4 aromatic rings. The Balaban J connectivity index is 1.69. The lowest BCUT2D eigenvalue weighted by atomic mass is 10.2. The number of rotatable bonds is 5. The van der Waals surface area contributed by atoms with Gasteiger partial charge in [-0.2, -0.15) is 0 Å². The van der Waals surface area contributed by atoms with Gasteiger partial charge in [-0.1, -0.05) is 69.4 Å². The minimum atomic E-state index is -0.164. The smallest absolute Gasteiger partial charge is 0.268 e. The van der Waals surface area contributed by atoms with Gasteiger partial charge in [-0.3, -0.25) is 4.79 Å². The molecular weight excluding hydrogens is 460 g/mol. The van der Waals surface area contributed by atoms with Crippen LogP contribution in [-0.4, -0.2) is 38.2 Å². The molecule has 140 valence electrons. The molecule has 1 saturated heterocycles. The van der Waals surface area contributed by atoms with Crippen molar-refractivity contribution in [3.63, 3.8) is 0 Å². The van der Waals surface area contributed by atoms with Crippen molar-refractivity contribution in [1.82, 2.24) is 19.7 Å². The van der Waals surface area contributed by atoms with Crippen molar-refractivity contribution in [2.45, 2.75) is 10.4 Å². The highest BCUT2D eigenvalue weighted by atomic mass is 79.9. The van der Waals surface area contributed by atoms with E-state index in [-0.39, 0.29) is 5.56 Å². The number of benzene rings is 2. The highest BCUT2D eigenvalue weighted by molar-refractivity contribution is 9.10. The van der Waals surface area contributed by atoms with Gasteiger partial charge in [0.1, 0.15) is 5.82 Å². The Morgan fingerprint density at radius 2 is 2.04 bits per heavy atom. The van der Waals surface area contributed by atoms with Gasteiger partial charge in [-0.05, 0) is 18.2 Å². The zero-order valence-electron chi connectivity index (χ0n) is 14.4. The summed E-state index contributed by atoms with van der Waals surface area (Å²) in [6.07, 6.45) is 0.305. The van der Waals surface area contributed by atoms with E-state index in [4.69, 9.17) is 9.72 Å². The Morgan fingerprint density at radius 3 is 2.82 bits per heavy atom. The van der Waals surface area contributed by atoms with Crippen LogP contribution >= 0.6 is 39.0 Å². The Bertz CT molecular complexity index is 1220. The van der Waals surface area contributed by atoms with Crippen LogP contribution in [0.3, 0.4) is 0 Å². The van der Waals surface area contributed by atoms with Crippen molar-refractivity contribution in [2.24, 2.45) is 0 Å². The number of thioether (sulfide) groups is 1. The number of aromatic nitrogens is 4. The summed E-state index contributed by atoms with van der Waals surface area (Å²) in [5.41, 5.74) is 1.33. The Hall–Kier alpha value is -2.07. The second kappa shape index (κ2) is 7.40. The number of hydrogen-bond acceptors (Lipinski definition) is 7. The minimum Gasteiger partial charge on any atom is -0.372 e. The average molecular weight is 473 g/mol. The van der Waals surface area contributed by atoms with Crippen LogP contribution in [0.1, 0.15) is 0 Å². The third-order valence-electron chi connectivity index (χ3n) is 4.24. The lowest BCUT2D eigenvalue weighted by Gasteiger charge is -2.11. The fourth-order valence-electron chi connectivity index (χ4n) is 2.80. The summed E-state index contributed by atoms with van der Waals surface area (Å²) < 4.78 is 8.44. The summed E-state index contributed by atoms with van der Waals surface area (Å²) in [6.45, 7) is 0.805. The molecule has 0 spiro atoms. The molecule has 2 aromatic carbocycles. The quantitative estimate of drug-likeness (QED) is 0.320. The molecule has 0 N–H and O–H groups in total. The van der Waals surface area contributed by atoms with E-state index in [9.17, 15) is 4.79 Å². The summed E-state index contributed by atoms with van der Waals surface area (Å²) in [4.78, 5) is 18.1. The van der Waals surface area contributed by atoms with Crippen molar-refractivity contribution in [2.75, 3.05) is 12.4 Å². The molecule has 0 radical (unpaired) electrons. The van der Waals surface area contributed by atoms with Crippen LogP contribution in [0.2, 0.25) is 0 Å². The number of hydrogen-bond donors (Lipinski definition) is 0. The van der Waals surface area contributed by atoms with Gasteiger partial charge in [0.25, 0.3) is 5.56 Å². The standard InChI is InChI=1S/C19H13BrN4O2S2/c20-12-6-7-15-14(8-12)17(25)24(16(21-15)11-4-2-1-3-5-11)18-22-23-19(28-18)27-10-13-9-26-13/h1-8,13H,9-10H2. The zero-order valence-corrected chi connectivity index (χ0v) is 17.6. The molecule has 3 heterocycles. The van der Waals surface area contributed by atoms with Gasteiger partial charge in [-0.15, -0.1) is 10.2 Å². The molecule has 0 aliphatic carbocycles. The monoisotopic (exact) mass is 472 g/mol. The zero-order chi connectivity index (χ0) is 19.1. The van der Waals surface area contributed by atoms with Crippen LogP contribution in [0.4, 0.5) is 0 Å². The first-order valence-corrected chi connectivity index (χ1v) is 11.1. The van der Waals surface area contributed by atoms with Crippen molar-refractivity contribution in [3.8, 4) is 16.5 Å². The van der Waals surface area contributed by atoms with Crippen LogP contribution in [0.15, 0.2) is 62.1 Å². The second-order valence-corrected chi connectivity index (χ2v) is 9.36. The Kier molecular flexibility index (Phi) is 4.75. The van der Waals surface area contributed by atoms with Crippen LogP contribution in [-0.2, 0) is 4.74 Å². The summed E-state index contributed by atoms with van der Waals surface area (Å²) in [7, 11) is 0. The van der Waals surface area contributed by atoms with Gasteiger partial charge < -0.3 is 4.74 Å². The van der Waals surface area contributed by atoms with Gasteiger partial charge in [0.2, 0.25) is 5.13 Å². The van der Waals surface area contributed by atoms with Gasteiger partial charge >= 0.3 is 0 Å². The van der Waals surface area contributed by atoms with Gasteiger partial charge in [0, 0.05) is 15.8 Å². The van der Waals surface area contributed by atoms with Crippen molar-refractivity contribution < 1.29 is 4.74 Å². The van der Waals surface area contributed by atoms with E-state index in [2.05, 4.69) is 26.1 Å². The summed E-state index contributed by atoms with van der Waals surface area (Å²) in [5, 5.41) is 9.57. The molecule has 9 heteroatoms. The highest BCUT2D eigenvalue weighted by Crippen LogP contribution is 2.30. The highest BCUT2D eigenvalue weighted by Gasteiger charge is 2.24. The van der Waals surface area contributed by atoms with E-state index < -0.39 is 0 Å². The number of nitrogens with zero attached hydrogens (tertiary/aromatic N) is 4. The lowest BCUT2D eigenvalue weighted by molar-refractivity contribution is 0.426. The van der Waals surface area contributed by atoms with Crippen molar-refractivity contribution in [3.05, 3.63) is 63.4 Å². The molecule has 1 aliphatic rings. The summed E-state index contributed by atoms with van der Waals surface area (Å²) in [6, 6.07) is 15.2. The molecule has 1 unspecified atom stereocenters. The Morgan fingerprint density at radius 1 is 1.21 bits per heavy atom. The normalized spacial score (nSPS) is 15.8. The maximum absolute atomic E-state index is 13.4. The second-order valence-electron chi connectivity index (χ2n) is 6.22. The molecule has 1 atom stereocenters. The van der Waals surface area contributed by atoms with E-state index in [1.54, 1.807) is 22.4 Å². The summed E-state index contributed by atoms with van der Waals surface area (Å²) >= 11 is 6.42. The van der Waals surface area contributed by atoms with E-state index in [0.29, 0.717) is 28.0 Å². The predicted octanol–water partition coefficient (Wildman–Crippen LogP) is 4.16. The third-order valence-corrected chi connectivity index (χ3v) is 6.91. The fraction of sp³-hybridized carbons (Fsp3) is 0.158. The summed E-state index contributed by atoms with van der Waals surface area (Å²) in [5.74, 6) is 1.40. The van der Waals surface area contributed by atoms with Crippen LogP contribution in [0.25, 0.3) is 27.4 Å². The molecular formula is C19H13BrN4O2S2. The van der Waals surface area contributed by atoms with E-state index >= 15 is 0 Å². The predicted molar refractivity (Wildman–Crippen MR) is 114 cm³/mol. The number of epoxide rings is 1. The SMILES string of the molecule is O=c1c2cc(Br)ccc2nc(-c2ccccc2)n1-c1nnc(SCC2CO2)s1. The first kappa shape index (κ1) is 18.0. The number of halogens is 1. The first-order chi connectivity index (χ1) is 13.7. The molecule has 2 aromatic heterocycles. The largest absolute Gasteiger partial charge is 0.372 e. The van der Waals surface area contributed by atoms with Crippen LogP contribution in [0, 0.1) is 0 Å². The number of ether oxygens (including phenoxy) is 1. The van der Waals surface area contributed by atoms with Crippen LogP contribution < -0.4 is 5.56 Å². The molecule has 28 heavy (non-hydrogen) atoms. The maximum Gasteiger partial charge on any atom is 0.268 e. The average Bonchev–Trinajstić information content (AvgIpc) is 3.44. The van der Waals surface area contributed by atoms with Gasteiger partial charge in [0.15, 0.2) is 4.34 Å². The van der Waals surface area contributed by atoms with E-state index in [1.165, 1.54) is 11.3 Å². The molecule has 0 amide bonds. The van der Waals surface area contributed by atoms with Gasteiger partial charge in [0.05, 0.1) is 23.6 Å². The molecule has 1 fully saturated rings.